The Bertz CT molecular complexity index is 499. The van der Waals surface area contributed by atoms with Crippen molar-refractivity contribution in [3.05, 3.63) is 36.9 Å². The second-order valence-corrected chi connectivity index (χ2v) is 5.09. The molecular formula is C15H18N2O2. The Morgan fingerprint density at radius 2 is 1.84 bits per heavy atom. The molecule has 0 atom stereocenters. The standard InChI is InChI=1S/C15H18N2O2/c18-14-7-5-13(6-8-14)17-12-3-1-11(2-4-12)15-9-16-10-19-15/h1-4,9-10,13-14,17-18H,5-8H2. The van der Waals surface area contributed by atoms with Gasteiger partial charge in [0.1, 0.15) is 0 Å². The van der Waals surface area contributed by atoms with Crippen molar-refractivity contribution < 1.29 is 9.52 Å². The molecule has 1 aromatic carbocycles. The number of aliphatic hydroxyl groups excluding tert-OH is 1. The first-order valence-corrected chi connectivity index (χ1v) is 6.75. The normalized spacial score (nSPS) is 23.2. The van der Waals surface area contributed by atoms with Crippen molar-refractivity contribution in [1.29, 1.82) is 0 Å². The Balaban J connectivity index is 1.63. The lowest BCUT2D eigenvalue weighted by Gasteiger charge is -2.27. The van der Waals surface area contributed by atoms with Crippen LogP contribution in [-0.4, -0.2) is 22.2 Å². The van der Waals surface area contributed by atoms with Gasteiger partial charge in [0, 0.05) is 17.3 Å². The molecule has 0 bridgehead atoms. The van der Waals surface area contributed by atoms with Crippen LogP contribution >= 0.6 is 0 Å². The Morgan fingerprint density at radius 3 is 2.47 bits per heavy atom. The second-order valence-electron chi connectivity index (χ2n) is 5.09. The van der Waals surface area contributed by atoms with Crippen molar-refractivity contribution in [2.75, 3.05) is 5.32 Å². The topological polar surface area (TPSA) is 58.3 Å². The van der Waals surface area contributed by atoms with Crippen LogP contribution in [0.15, 0.2) is 41.3 Å². The quantitative estimate of drug-likeness (QED) is 0.888. The summed E-state index contributed by atoms with van der Waals surface area (Å²) in [6, 6.07) is 8.65. The third-order valence-corrected chi connectivity index (χ3v) is 3.67. The average Bonchev–Trinajstić information content (AvgIpc) is 2.96. The van der Waals surface area contributed by atoms with Gasteiger partial charge in [-0.2, -0.15) is 0 Å². The highest BCUT2D eigenvalue weighted by molar-refractivity contribution is 5.60. The Hall–Kier alpha value is -1.81. The molecule has 1 saturated carbocycles. The van der Waals surface area contributed by atoms with Gasteiger partial charge in [0.15, 0.2) is 12.2 Å². The minimum Gasteiger partial charge on any atom is -0.444 e. The number of hydrogen-bond donors (Lipinski definition) is 2. The van der Waals surface area contributed by atoms with E-state index in [4.69, 9.17) is 4.42 Å². The fourth-order valence-corrected chi connectivity index (χ4v) is 2.54. The molecule has 0 radical (unpaired) electrons. The number of aromatic nitrogens is 1. The Morgan fingerprint density at radius 1 is 1.11 bits per heavy atom. The highest BCUT2D eigenvalue weighted by atomic mass is 16.3. The first-order chi connectivity index (χ1) is 9.31. The second kappa shape index (κ2) is 5.45. The molecule has 0 aliphatic heterocycles. The molecule has 1 aromatic heterocycles. The molecule has 1 aliphatic carbocycles. The lowest BCUT2D eigenvalue weighted by Crippen LogP contribution is -2.28. The summed E-state index contributed by atoms with van der Waals surface area (Å²) in [6.07, 6.45) is 6.91. The summed E-state index contributed by atoms with van der Waals surface area (Å²) in [4.78, 5) is 3.92. The van der Waals surface area contributed by atoms with Crippen molar-refractivity contribution in [2.24, 2.45) is 0 Å². The summed E-state index contributed by atoms with van der Waals surface area (Å²) in [5.74, 6) is 0.785. The molecule has 3 rings (SSSR count). The van der Waals surface area contributed by atoms with Crippen molar-refractivity contribution in [1.82, 2.24) is 4.98 Å². The third kappa shape index (κ3) is 2.96. The van der Waals surface area contributed by atoms with Crippen LogP contribution < -0.4 is 5.32 Å². The van der Waals surface area contributed by atoms with Crippen molar-refractivity contribution in [3.8, 4) is 11.3 Å². The summed E-state index contributed by atoms with van der Waals surface area (Å²) in [7, 11) is 0. The summed E-state index contributed by atoms with van der Waals surface area (Å²) >= 11 is 0. The van der Waals surface area contributed by atoms with Gasteiger partial charge in [-0.1, -0.05) is 0 Å². The van der Waals surface area contributed by atoms with Gasteiger partial charge in [0.25, 0.3) is 0 Å². The average molecular weight is 258 g/mol. The molecule has 1 aliphatic rings. The van der Waals surface area contributed by atoms with E-state index in [-0.39, 0.29) is 6.10 Å². The molecule has 2 N–H and O–H groups in total. The molecule has 0 amide bonds. The van der Waals surface area contributed by atoms with Gasteiger partial charge >= 0.3 is 0 Å². The maximum atomic E-state index is 9.49. The van der Waals surface area contributed by atoms with E-state index in [0.717, 1.165) is 42.7 Å². The molecule has 4 heteroatoms. The summed E-state index contributed by atoms with van der Waals surface area (Å²) in [5, 5.41) is 13.0. The molecule has 100 valence electrons. The van der Waals surface area contributed by atoms with Gasteiger partial charge in [-0.15, -0.1) is 0 Å². The monoisotopic (exact) mass is 258 g/mol. The van der Waals surface area contributed by atoms with Gasteiger partial charge in [0.05, 0.1) is 12.3 Å². The molecule has 0 spiro atoms. The van der Waals surface area contributed by atoms with E-state index < -0.39 is 0 Å². The zero-order chi connectivity index (χ0) is 13.1. The van der Waals surface area contributed by atoms with E-state index in [0.29, 0.717) is 6.04 Å². The van der Waals surface area contributed by atoms with Crippen LogP contribution in [0.3, 0.4) is 0 Å². The summed E-state index contributed by atoms with van der Waals surface area (Å²) < 4.78 is 5.26. The highest BCUT2D eigenvalue weighted by Crippen LogP contribution is 2.24. The Kier molecular flexibility index (Phi) is 3.51. The van der Waals surface area contributed by atoms with Gasteiger partial charge in [-0.05, 0) is 49.9 Å². The largest absolute Gasteiger partial charge is 0.444 e. The molecule has 1 fully saturated rings. The SMILES string of the molecule is OC1CCC(Nc2ccc(-c3cnco3)cc2)CC1. The number of rotatable bonds is 3. The summed E-state index contributed by atoms with van der Waals surface area (Å²) in [5.41, 5.74) is 2.15. The first kappa shape index (κ1) is 12.2. The van der Waals surface area contributed by atoms with E-state index in [9.17, 15) is 5.11 Å². The smallest absolute Gasteiger partial charge is 0.181 e. The number of benzene rings is 1. The maximum Gasteiger partial charge on any atom is 0.181 e. The third-order valence-electron chi connectivity index (χ3n) is 3.67. The minimum atomic E-state index is -0.105. The lowest BCUT2D eigenvalue weighted by molar-refractivity contribution is 0.126. The van der Waals surface area contributed by atoms with E-state index >= 15 is 0 Å². The van der Waals surface area contributed by atoms with Crippen molar-refractivity contribution in [3.63, 3.8) is 0 Å². The predicted molar refractivity (Wildman–Crippen MR) is 73.8 cm³/mol. The molecule has 0 saturated heterocycles. The lowest BCUT2D eigenvalue weighted by atomic mass is 9.93. The van der Waals surface area contributed by atoms with Crippen molar-refractivity contribution >= 4 is 5.69 Å². The molecule has 4 nitrogen and oxygen atoms in total. The molecule has 2 aromatic rings. The maximum absolute atomic E-state index is 9.49. The van der Waals surface area contributed by atoms with Gasteiger partial charge < -0.3 is 14.8 Å². The number of oxazole rings is 1. The number of anilines is 1. The Labute approximate surface area is 112 Å². The number of hydrogen-bond acceptors (Lipinski definition) is 4. The van der Waals surface area contributed by atoms with Gasteiger partial charge in [0.2, 0.25) is 0 Å². The number of nitrogens with one attached hydrogen (secondary N) is 1. The first-order valence-electron chi connectivity index (χ1n) is 6.75. The molecule has 0 unspecified atom stereocenters. The fourth-order valence-electron chi connectivity index (χ4n) is 2.54. The zero-order valence-electron chi connectivity index (χ0n) is 10.7. The van der Waals surface area contributed by atoms with Crippen molar-refractivity contribution in [2.45, 2.75) is 37.8 Å². The van der Waals surface area contributed by atoms with Crippen LogP contribution in [-0.2, 0) is 0 Å². The zero-order valence-corrected chi connectivity index (χ0v) is 10.7. The predicted octanol–water partition coefficient (Wildman–Crippen LogP) is 3.06. The van der Waals surface area contributed by atoms with Gasteiger partial charge in [-0.25, -0.2) is 4.98 Å². The molecular weight excluding hydrogens is 240 g/mol. The van der Waals surface area contributed by atoms with Crippen LogP contribution in [0.5, 0.6) is 0 Å². The number of nitrogens with zero attached hydrogens (tertiary/aromatic N) is 1. The van der Waals surface area contributed by atoms with Crippen LogP contribution in [0.25, 0.3) is 11.3 Å². The molecule has 1 heterocycles. The molecule has 19 heavy (non-hydrogen) atoms. The van der Waals surface area contributed by atoms with E-state index in [1.807, 2.05) is 12.1 Å². The van der Waals surface area contributed by atoms with E-state index in [2.05, 4.69) is 22.4 Å². The van der Waals surface area contributed by atoms with E-state index in [1.165, 1.54) is 6.39 Å². The fraction of sp³-hybridized carbons (Fsp3) is 0.400. The minimum absolute atomic E-state index is 0.105. The van der Waals surface area contributed by atoms with Crippen LogP contribution in [0.1, 0.15) is 25.7 Å². The van der Waals surface area contributed by atoms with Crippen LogP contribution in [0.4, 0.5) is 5.69 Å². The highest BCUT2D eigenvalue weighted by Gasteiger charge is 2.18. The van der Waals surface area contributed by atoms with Crippen LogP contribution in [0, 0.1) is 0 Å². The summed E-state index contributed by atoms with van der Waals surface area (Å²) in [6.45, 7) is 0. The number of aliphatic hydroxyl groups is 1. The van der Waals surface area contributed by atoms with E-state index in [1.54, 1.807) is 6.20 Å². The van der Waals surface area contributed by atoms with Crippen LogP contribution in [0.2, 0.25) is 0 Å². The van der Waals surface area contributed by atoms with Gasteiger partial charge in [-0.3, -0.25) is 0 Å².